The van der Waals surface area contributed by atoms with Gasteiger partial charge >= 0.3 is 0 Å². The second kappa shape index (κ2) is 6.62. The molecule has 0 saturated heterocycles. The maximum absolute atomic E-state index is 9.83. The predicted octanol–water partition coefficient (Wildman–Crippen LogP) is 3.60. The zero-order valence-corrected chi connectivity index (χ0v) is 13.1. The van der Waals surface area contributed by atoms with Crippen molar-refractivity contribution in [1.29, 1.82) is 0 Å². The van der Waals surface area contributed by atoms with E-state index in [9.17, 15) is 5.11 Å². The van der Waals surface area contributed by atoms with Crippen LogP contribution in [-0.2, 0) is 13.0 Å². The van der Waals surface area contributed by atoms with Gasteiger partial charge < -0.3 is 9.67 Å². The Morgan fingerprint density at radius 3 is 2.76 bits per heavy atom. The molecule has 4 nitrogen and oxygen atoms in total. The molecule has 1 aliphatic rings. The maximum atomic E-state index is 9.83. The van der Waals surface area contributed by atoms with Gasteiger partial charge in [-0.05, 0) is 48.7 Å². The molecule has 0 bridgehead atoms. The van der Waals surface area contributed by atoms with Gasteiger partial charge in [0.2, 0.25) is 0 Å². The van der Waals surface area contributed by atoms with Gasteiger partial charge in [-0.1, -0.05) is 25.5 Å². The Labute approximate surface area is 129 Å². The topological polar surface area (TPSA) is 50.9 Å². The van der Waals surface area contributed by atoms with Gasteiger partial charge in [0.25, 0.3) is 0 Å². The van der Waals surface area contributed by atoms with E-state index in [1.165, 1.54) is 19.3 Å². The summed E-state index contributed by atoms with van der Waals surface area (Å²) in [6, 6.07) is 8.10. The van der Waals surface area contributed by atoms with Crippen LogP contribution in [0.15, 0.2) is 34.3 Å². The molecule has 112 valence electrons. The molecule has 0 unspecified atom stereocenters. The third kappa shape index (κ3) is 3.30. The third-order valence-corrected chi connectivity index (χ3v) is 4.93. The van der Waals surface area contributed by atoms with Crippen LogP contribution in [-0.4, -0.2) is 19.9 Å². The van der Waals surface area contributed by atoms with Crippen LogP contribution >= 0.6 is 11.8 Å². The average Bonchev–Trinajstić information content (AvgIpc) is 2.75. The second-order valence-corrected chi connectivity index (χ2v) is 6.50. The van der Waals surface area contributed by atoms with Crippen LogP contribution in [0, 0.1) is 0 Å². The largest absolute Gasteiger partial charge is 0.388 e. The van der Waals surface area contributed by atoms with Crippen molar-refractivity contribution in [2.24, 2.45) is 0 Å². The van der Waals surface area contributed by atoms with Crippen molar-refractivity contribution in [2.45, 2.75) is 61.7 Å². The molecule has 0 aliphatic carbocycles. The first-order chi connectivity index (χ1) is 10.3. The molecular formula is C16H21N3OS. The van der Waals surface area contributed by atoms with Crippen molar-refractivity contribution in [3.63, 3.8) is 0 Å². The lowest BCUT2D eigenvalue weighted by molar-refractivity contribution is 0.173. The van der Waals surface area contributed by atoms with Crippen LogP contribution < -0.4 is 0 Å². The van der Waals surface area contributed by atoms with E-state index in [2.05, 4.69) is 26.9 Å². The Bertz CT molecular complexity index is 594. The number of aliphatic hydroxyl groups excluding tert-OH is 1. The highest BCUT2D eigenvalue weighted by Crippen LogP contribution is 2.29. The van der Waals surface area contributed by atoms with Crippen LogP contribution in [0.5, 0.6) is 0 Å². The van der Waals surface area contributed by atoms with Gasteiger partial charge in [-0.25, -0.2) is 0 Å². The smallest absolute Gasteiger partial charge is 0.196 e. The van der Waals surface area contributed by atoms with Crippen molar-refractivity contribution in [3.8, 4) is 0 Å². The molecule has 0 radical (unpaired) electrons. The quantitative estimate of drug-likeness (QED) is 0.937. The average molecular weight is 303 g/mol. The van der Waals surface area contributed by atoms with Crippen LogP contribution in [0.3, 0.4) is 0 Å². The molecule has 1 aromatic heterocycles. The first-order valence-corrected chi connectivity index (χ1v) is 8.47. The number of rotatable bonds is 4. The van der Waals surface area contributed by atoms with Crippen molar-refractivity contribution in [3.05, 3.63) is 35.7 Å². The van der Waals surface area contributed by atoms with Gasteiger partial charge in [0.15, 0.2) is 5.16 Å². The first kappa shape index (κ1) is 14.6. The third-order valence-electron chi connectivity index (χ3n) is 3.94. The molecule has 1 aliphatic heterocycles. The fraction of sp³-hybridized carbons (Fsp3) is 0.500. The van der Waals surface area contributed by atoms with Crippen molar-refractivity contribution >= 4 is 11.8 Å². The highest BCUT2D eigenvalue weighted by Gasteiger charge is 2.15. The van der Waals surface area contributed by atoms with Crippen molar-refractivity contribution in [1.82, 2.24) is 14.8 Å². The molecule has 0 amide bonds. The highest BCUT2D eigenvalue weighted by atomic mass is 32.2. The lowest BCUT2D eigenvalue weighted by Gasteiger charge is -2.09. The van der Waals surface area contributed by atoms with Crippen LogP contribution in [0.1, 0.15) is 50.1 Å². The maximum Gasteiger partial charge on any atom is 0.196 e. The van der Waals surface area contributed by atoms with E-state index in [1.807, 2.05) is 19.1 Å². The number of aryl methyl sites for hydroxylation is 1. The van der Waals surface area contributed by atoms with Crippen LogP contribution in [0.2, 0.25) is 0 Å². The number of aromatic nitrogens is 3. The van der Waals surface area contributed by atoms with E-state index in [0.29, 0.717) is 0 Å². The van der Waals surface area contributed by atoms with E-state index in [1.54, 1.807) is 11.8 Å². The molecule has 1 aromatic carbocycles. The standard InChI is InChI=1S/C16H21N3OS/c1-2-14(20)12-7-9-13(10-8-12)21-16-18-17-15-6-4-3-5-11-19(15)16/h7-10,14,20H,2-6,11H2,1H3/t14-/m0/s1. The number of fused-ring (bicyclic) bond motifs is 1. The second-order valence-electron chi connectivity index (χ2n) is 5.46. The van der Waals surface area contributed by atoms with Crippen LogP contribution in [0.4, 0.5) is 0 Å². The van der Waals surface area contributed by atoms with Gasteiger partial charge in [0.05, 0.1) is 6.10 Å². The summed E-state index contributed by atoms with van der Waals surface area (Å²) in [6.45, 7) is 3.01. The van der Waals surface area contributed by atoms with Crippen molar-refractivity contribution in [2.75, 3.05) is 0 Å². The molecule has 2 aromatic rings. The Kier molecular flexibility index (Phi) is 4.60. The van der Waals surface area contributed by atoms with Gasteiger partial charge in [-0.2, -0.15) is 0 Å². The number of aliphatic hydroxyl groups is 1. The molecule has 1 atom stereocenters. The number of hydrogen-bond donors (Lipinski definition) is 1. The zero-order valence-electron chi connectivity index (χ0n) is 12.3. The molecule has 3 rings (SSSR count). The molecule has 0 saturated carbocycles. The summed E-state index contributed by atoms with van der Waals surface area (Å²) in [5, 5.41) is 19.5. The van der Waals surface area contributed by atoms with Gasteiger partial charge in [0, 0.05) is 17.9 Å². The summed E-state index contributed by atoms with van der Waals surface area (Å²) >= 11 is 1.65. The van der Waals surface area contributed by atoms with Gasteiger partial charge in [0.1, 0.15) is 5.82 Å². The fourth-order valence-corrected chi connectivity index (χ4v) is 3.50. The lowest BCUT2D eigenvalue weighted by atomic mass is 10.1. The monoisotopic (exact) mass is 303 g/mol. The summed E-state index contributed by atoms with van der Waals surface area (Å²) in [5.74, 6) is 1.12. The van der Waals surface area contributed by atoms with E-state index >= 15 is 0 Å². The Balaban J connectivity index is 1.76. The molecule has 0 fully saturated rings. The minimum absolute atomic E-state index is 0.367. The summed E-state index contributed by atoms with van der Waals surface area (Å²) in [4.78, 5) is 1.14. The van der Waals surface area contributed by atoms with Crippen molar-refractivity contribution < 1.29 is 5.11 Å². The summed E-state index contributed by atoms with van der Waals surface area (Å²) in [5.41, 5.74) is 0.974. The van der Waals surface area contributed by atoms with E-state index in [0.717, 1.165) is 40.8 Å². The van der Waals surface area contributed by atoms with Gasteiger partial charge in [-0.15, -0.1) is 10.2 Å². The molecule has 0 spiro atoms. The molecule has 21 heavy (non-hydrogen) atoms. The number of hydrogen-bond acceptors (Lipinski definition) is 4. The highest BCUT2D eigenvalue weighted by molar-refractivity contribution is 7.99. The molecule has 2 heterocycles. The lowest BCUT2D eigenvalue weighted by Crippen LogP contribution is -2.02. The SMILES string of the molecule is CC[C@H](O)c1ccc(Sc2nnc3n2CCCCC3)cc1. The van der Waals surface area contributed by atoms with Gasteiger partial charge in [-0.3, -0.25) is 0 Å². The normalized spacial score (nSPS) is 16.3. The van der Waals surface area contributed by atoms with Crippen LogP contribution in [0.25, 0.3) is 0 Å². The Hall–Kier alpha value is -1.33. The first-order valence-electron chi connectivity index (χ1n) is 7.66. The van der Waals surface area contributed by atoms with E-state index in [-0.39, 0.29) is 6.10 Å². The minimum atomic E-state index is -0.367. The zero-order chi connectivity index (χ0) is 14.7. The summed E-state index contributed by atoms with van der Waals surface area (Å²) in [7, 11) is 0. The number of nitrogens with zero attached hydrogens (tertiary/aromatic N) is 3. The molecular weight excluding hydrogens is 282 g/mol. The van der Waals surface area contributed by atoms with E-state index < -0.39 is 0 Å². The fourth-order valence-electron chi connectivity index (χ4n) is 2.63. The molecule has 5 heteroatoms. The Morgan fingerprint density at radius 1 is 1.19 bits per heavy atom. The molecule has 1 N–H and O–H groups in total. The summed E-state index contributed by atoms with van der Waals surface area (Å²) in [6.07, 6.45) is 5.11. The minimum Gasteiger partial charge on any atom is -0.388 e. The number of benzene rings is 1. The van der Waals surface area contributed by atoms with E-state index in [4.69, 9.17) is 0 Å². The Morgan fingerprint density at radius 2 is 2.00 bits per heavy atom. The summed E-state index contributed by atoms with van der Waals surface area (Å²) < 4.78 is 2.26. The predicted molar refractivity (Wildman–Crippen MR) is 83.4 cm³/mol.